The molecule has 2 heteroatoms. The largest absolute Gasteiger partial charge is 0.241 e. The fourth-order valence-electron chi connectivity index (χ4n) is 1.54. The van der Waals surface area contributed by atoms with Crippen molar-refractivity contribution in [3.8, 4) is 0 Å². The van der Waals surface area contributed by atoms with Crippen molar-refractivity contribution in [2.24, 2.45) is 4.99 Å². The van der Waals surface area contributed by atoms with Crippen molar-refractivity contribution in [3.05, 3.63) is 65.6 Å². The minimum atomic E-state index is 0.938. The number of hydrogen-bond donors (Lipinski definition) is 0. The van der Waals surface area contributed by atoms with Crippen molar-refractivity contribution in [2.75, 3.05) is 0 Å². The zero-order chi connectivity index (χ0) is 11.9. The summed E-state index contributed by atoms with van der Waals surface area (Å²) in [6.45, 7) is 2.02. The third-order valence-corrected chi connectivity index (χ3v) is 3.21. The Kier molecular flexibility index (Phi) is 4.39. The van der Waals surface area contributed by atoms with Gasteiger partial charge in [0.25, 0.3) is 0 Å². The van der Waals surface area contributed by atoms with E-state index >= 15 is 0 Å². The second-order valence-electron chi connectivity index (χ2n) is 3.63. The summed E-state index contributed by atoms with van der Waals surface area (Å²) in [5.74, 6) is 0. The molecule has 0 N–H and O–H groups in total. The average molecular weight is 241 g/mol. The standard InChI is InChI=1S/C15H15NS/c1-2-12-17-15-11-7-6-10-14(16-15)13-8-4-3-5-9-13/h2-5,7-12H,6H2,1H3/b12-2-. The van der Waals surface area contributed by atoms with Crippen LogP contribution in [-0.2, 0) is 0 Å². The van der Waals surface area contributed by atoms with Crippen LogP contribution in [0, 0.1) is 0 Å². The van der Waals surface area contributed by atoms with E-state index in [-0.39, 0.29) is 0 Å². The number of allylic oxidation sites excluding steroid dienone is 3. The minimum absolute atomic E-state index is 0.938. The van der Waals surface area contributed by atoms with Crippen LogP contribution in [0.2, 0.25) is 0 Å². The van der Waals surface area contributed by atoms with E-state index in [0.29, 0.717) is 0 Å². The van der Waals surface area contributed by atoms with Gasteiger partial charge in [0.05, 0.1) is 5.70 Å². The van der Waals surface area contributed by atoms with E-state index < -0.39 is 0 Å². The van der Waals surface area contributed by atoms with Crippen LogP contribution in [0.25, 0.3) is 5.70 Å². The van der Waals surface area contributed by atoms with Crippen molar-refractivity contribution >= 4 is 22.5 Å². The first-order valence-corrected chi connectivity index (χ1v) is 6.57. The van der Waals surface area contributed by atoms with Crippen molar-refractivity contribution in [3.63, 3.8) is 0 Å². The Labute approximate surface area is 107 Å². The van der Waals surface area contributed by atoms with Gasteiger partial charge in [-0.2, -0.15) is 0 Å². The minimum Gasteiger partial charge on any atom is -0.241 e. The third kappa shape index (κ3) is 3.46. The lowest BCUT2D eigenvalue weighted by Gasteiger charge is -2.02. The van der Waals surface area contributed by atoms with Crippen LogP contribution >= 0.6 is 11.8 Å². The first-order chi connectivity index (χ1) is 8.40. The van der Waals surface area contributed by atoms with Crippen LogP contribution in [0.5, 0.6) is 0 Å². The molecule has 17 heavy (non-hydrogen) atoms. The number of benzene rings is 1. The zero-order valence-corrected chi connectivity index (χ0v) is 10.7. The molecule has 0 unspecified atom stereocenters. The van der Waals surface area contributed by atoms with Crippen LogP contribution in [0.4, 0.5) is 0 Å². The molecule has 86 valence electrons. The van der Waals surface area contributed by atoms with E-state index in [1.807, 2.05) is 31.2 Å². The lowest BCUT2D eigenvalue weighted by molar-refractivity contribution is 1.38. The summed E-state index contributed by atoms with van der Waals surface area (Å²) in [5, 5.41) is 3.09. The Bertz CT molecular complexity index is 481. The van der Waals surface area contributed by atoms with Gasteiger partial charge in [0.2, 0.25) is 0 Å². The summed E-state index contributed by atoms with van der Waals surface area (Å²) >= 11 is 1.65. The molecule has 0 saturated carbocycles. The van der Waals surface area contributed by atoms with Crippen LogP contribution in [0.3, 0.4) is 0 Å². The second-order valence-corrected chi connectivity index (χ2v) is 4.56. The highest BCUT2D eigenvalue weighted by Crippen LogP contribution is 2.22. The monoisotopic (exact) mass is 241 g/mol. The maximum absolute atomic E-state index is 4.69. The van der Waals surface area contributed by atoms with Crippen LogP contribution in [-0.4, -0.2) is 5.04 Å². The smallest absolute Gasteiger partial charge is 0.101 e. The number of aliphatic imine (C=N–C) groups is 1. The van der Waals surface area contributed by atoms with Crippen molar-refractivity contribution in [2.45, 2.75) is 13.3 Å². The Balaban J connectivity index is 2.26. The van der Waals surface area contributed by atoms with E-state index in [0.717, 1.165) is 17.2 Å². The van der Waals surface area contributed by atoms with E-state index in [4.69, 9.17) is 0 Å². The highest BCUT2D eigenvalue weighted by molar-refractivity contribution is 8.16. The van der Waals surface area contributed by atoms with Gasteiger partial charge in [0.1, 0.15) is 5.04 Å². The molecule has 0 atom stereocenters. The van der Waals surface area contributed by atoms with Gasteiger partial charge in [0.15, 0.2) is 0 Å². The first-order valence-electron chi connectivity index (χ1n) is 5.69. The van der Waals surface area contributed by atoms with Gasteiger partial charge in [0, 0.05) is 0 Å². The first kappa shape index (κ1) is 11.9. The van der Waals surface area contributed by atoms with E-state index in [1.54, 1.807) is 11.8 Å². The highest BCUT2D eigenvalue weighted by atomic mass is 32.2. The van der Waals surface area contributed by atoms with Crippen LogP contribution in [0.1, 0.15) is 18.9 Å². The number of nitrogens with zero attached hydrogens (tertiary/aromatic N) is 1. The van der Waals surface area contributed by atoms with Gasteiger partial charge in [-0.15, -0.1) is 0 Å². The molecule has 0 aromatic heterocycles. The fraction of sp³-hybridized carbons (Fsp3) is 0.133. The molecule has 0 spiro atoms. The molecule has 1 heterocycles. The summed E-state index contributed by atoms with van der Waals surface area (Å²) in [5.41, 5.74) is 2.23. The summed E-state index contributed by atoms with van der Waals surface area (Å²) in [4.78, 5) is 4.69. The molecular formula is C15H15NS. The average Bonchev–Trinajstić information content (AvgIpc) is 2.63. The Morgan fingerprint density at radius 1 is 1.24 bits per heavy atom. The molecule has 0 aliphatic carbocycles. The van der Waals surface area contributed by atoms with Gasteiger partial charge < -0.3 is 0 Å². The molecular weight excluding hydrogens is 226 g/mol. The molecule has 1 nitrogen and oxygen atoms in total. The molecule has 0 fully saturated rings. The summed E-state index contributed by atoms with van der Waals surface area (Å²) < 4.78 is 0. The predicted molar refractivity (Wildman–Crippen MR) is 78.0 cm³/mol. The van der Waals surface area contributed by atoms with Gasteiger partial charge in [-0.25, -0.2) is 4.99 Å². The normalized spacial score (nSPS) is 15.6. The molecule has 1 aromatic rings. The Morgan fingerprint density at radius 2 is 2.06 bits per heavy atom. The van der Waals surface area contributed by atoms with Crippen molar-refractivity contribution in [1.29, 1.82) is 0 Å². The van der Waals surface area contributed by atoms with Gasteiger partial charge >= 0.3 is 0 Å². The Morgan fingerprint density at radius 3 is 2.82 bits per heavy atom. The SMILES string of the molecule is C/C=C\SC1=NC(c2ccccc2)=CCC=C1. The topological polar surface area (TPSA) is 12.4 Å². The Hall–Kier alpha value is -1.54. The molecule has 0 saturated heterocycles. The quantitative estimate of drug-likeness (QED) is 0.734. The molecule has 1 aromatic carbocycles. The van der Waals surface area contributed by atoms with Crippen LogP contribution in [0.15, 0.2) is 65.0 Å². The molecule has 0 amide bonds. The van der Waals surface area contributed by atoms with Crippen molar-refractivity contribution < 1.29 is 0 Å². The number of thioether (sulfide) groups is 1. The third-order valence-electron chi connectivity index (χ3n) is 2.33. The molecule has 1 aliphatic rings. The summed E-state index contributed by atoms with van der Waals surface area (Å²) in [7, 11) is 0. The molecule has 0 bridgehead atoms. The molecule has 0 radical (unpaired) electrons. The number of rotatable bonds is 2. The maximum atomic E-state index is 4.69. The van der Waals surface area contributed by atoms with Gasteiger partial charge in [-0.1, -0.05) is 60.3 Å². The lowest BCUT2D eigenvalue weighted by Crippen LogP contribution is -1.86. The fourth-order valence-corrected chi connectivity index (χ4v) is 2.15. The zero-order valence-electron chi connectivity index (χ0n) is 9.84. The second kappa shape index (κ2) is 6.26. The lowest BCUT2D eigenvalue weighted by atomic mass is 10.1. The van der Waals surface area contributed by atoms with Gasteiger partial charge in [-0.3, -0.25) is 0 Å². The van der Waals surface area contributed by atoms with E-state index in [2.05, 4.69) is 40.8 Å². The van der Waals surface area contributed by atoms with Gasteiger partial charge in [-0.05, 0) is 30.4 Å². The van der Waals surface area contributed by atoms with E-state index in [9.17, 15) is 0 Å². The maximum Gasteiger partial charge on any atom is 0.101 e. The highest BCUT2D eigenvalue weighted by Gasteiger charge is 2.03. The van der Waals surface area contributed by atoms with E-state index in [1.165, 1.54) is 5.56 Å². The molecule has 1 aliphatic heterocycles. The number of hydrogen-bond acceptors (Lipinski definition) is 2. The summed E-state index contributed by atoms with van der Waals surface area (Å²) in [6, 6.07) is 10.3. The van der Waals surface area contributed by atoms with Crippen LogP contribution < -0.4 is 0 Å². The molecule has 2 rings (SSSR count). The summed E-state index contributed by atoms with van der Waals surface area (Å²) in [6.07, 6.45) is 9.35. The predicted octanol–water partition coefficient (Wildman–Crippen LogP) is 4.65. The van der Waals surface area contributed by atoms with Crippen molar-refractivity contribution in [1.82, 2.24) is 0 Å².